The van der Waals surface area contributed by atoms with E-state index in [0.29, 0.717) is 5.41 Å². The van der Waals surface area contributed by atoms with E-state index in [-0.39, 0.29) is 6.10 Å². The molecule has 0 radical (unpaired) electrons. The van der Waals surface area contributed by atoms with E-state index in [9.17, 15) is 5.11 Å². The fourth-order valence-electron chi connectivity index (χ4n) is 5.80. The Kier molecular flexibility index (Phi) is 2.71. The largest absolute Gasteiger partial charge is 0.389 e. The summed E-state index contributed by atoms with van der Waals surface area (Å²) < 4.78 is 0. The molecule has 4 aliphatic carbocycles. The molecular formula is C18H26O. The maximum atomic E-state index is 9.85. The van der Waals surface area contributed by atoms with E-state index < -0.39 is 0 Å². The molecule has 0 saturated heterocycles. The zero-order valence-corrected chi connectivity index (χ0v) is 12.0. The van der Waals surface area contributed by atoms with Crippen molar-refractivity contribution in [3.05, 3.63) is 23.8 Å². The smallest absolute Gasteiger partial charge is 0.0723 e. The molecule has 1 heteroatoms. The van der Waals surface area contributed by atoms with Crippen LogP contribution in [0.2, 0.25) is 0 Å². The van der Waals surface area contributed by atoms with Gasteiger partial charge in [-0.25, -0.2) is 0 Å². The van der Waals surface area contributed by atoms with Crippen LogP contribution in [0.5, 0.6) is 0 Å². The molecule has 2 unspecified atom stereocenters. The van der Waals surface area contributed by atoms with Gasteiger partial charge < -0.3 is 5.11 Å². The number of allylic oxidation sites excluding steroid dienone is 3. The Morgan fingerprint density at radius 3 is 2.95 bits per heavy atom. The molecule has 0 aromatic heterocycles. The quantitative estimate of drug-likeness (QED) is 0.649. The summed E-state index contributed by atoms with van der Waals surface area (Å²) >= 11 is 0. The highest BCUT2D eigenvalue weighted by atomic mass is 16.3. The van der Waals surface area contributed by atoms with Crippen LogP contribution in [-0.2, 0) is 0 Å². The van der Waals surface area contributed by atoms with Gasteiger partial charge in [0.2, 0.25) is 0 Å². The van der Waals surface area contributed by atoms with Gasteiger partial charge in [0.05, 0.1) is 6.10 Å². The molecule has 0 bridgehead atoms. The van der Waals surface area contributed by atoms with E-state index in [1.807, 2.05) is 0 Å². The van der Waals surface area contributed by atoms with E-state index in [0.717, 1.165) is 30.1 Å². The minimum atomic E-state index is -0.148. The molecule has 2 fully saturated rings. The van der Waals surface area contributed by atoms with Crippen LogP contribution < -0.4 is 0 Å². The summed E-state index contributed by atoms with van der Waals surface area (Å²) in [5.41, 5.74) is 2.12. The van der Waals surface area contributed by atoms with E-state index >= 15 is 0 Å². The average molecular weight is 258 g/mol. The predicted molar refractivity (Wildman–Crippen MR) is 77.6 cm³/mol. The van der Waals surface area contributed by atoms with Gasteiger partial charge >= 0.3 is 0 Å². The number of hydrogen-bond acceptors (Lipinski definition) is 1. The van der Waals surface area contributed by atoms with E-state index in [2.05, 4.69) is 25.2 Å². The Bertz CT molecular complexity index is 435. The maximum Gasteiger partial charge on any atom is 0.0723 e. The molecule has 0 spiro atoms. The maximum absolute atomic E-state index is 9.85. The Hall–Kier alpha value is -0.560. The summed E-state index contributed by atoms with van der Waals surface area (Å²) in [6.07, 6.45) is 16.0. The summed E-state index contributed by atoms with van der Waals surface area (Å²) in [5.74, 6) is 3.60. The van der Waals surface area contributed by atoms with E-state index in [1.165, 1.54) is 38.5 Å². The fourth-order valence-corrected chi connectivity index (χ4v) is 5.80. The molecule has 0 aromatic carbocycles. The highest BCUT2D eigenvalue weighted by Gasteiger charge is 2.50. The third-order valence-corrected chi connectivity index (χ3v) is 6.76. The molecule has 2 saturated carbocycles. The minimum absolute atomic E-state index is 0.148. The van der Waals surface area contributed by atoms with Gasteiger partial charge in [0.15, 0.2) is 0 Å². The summed E-state index contributed by atoms with van der Waals surface area (Å²) in [6.45, 7) is 2.49. The van der Waals surface area contributed by atoms with Crippen molar-refractivity contribution >= 4 is 0 Å². The van der Waals surface area contributed by atoms with Crippen LogP contribution in [0.15, 0.2) is 23.8 Å². The SMILES string of the molecule is CC12C=CC[C@H]1[C@@H]1CCC3=CC(O)CC[C@@H]3[C@H]1CC2. The number of fused-ring (bicyclic) bond motifs is 5. The van der Waals surface area contributed by atoms with Gasteiger partial charge in [0.1, 0.15) is 0 Å². The van der Waals surface area contributed by atoms with Gasteiger partial charge in [0, 0.05) is 0 Å². The molecule has 1 N–H and O–H groups in total. The van der Waals surface area contributed by atoms with Crippen molar-refractivity contribution < 1.29 is 5.11 Å². The Morgan fingerprint density at radius 2 is 2.05 bits per heavy atom. The topological polar surface area (TPSA) is 20.2 Å². The Labute approximate surface area is 116 Å². The third kappa shape index (κ3) is 1.77. The van der Waals surface area contributed by atoms with Crippen molar-refractivity contribution in [2.24, 2.45) is 29.1 Å². The van der Waals surface area contributed by atoms with E-state index in [1.54, 1.807) is 5.57 Å². The van der Waals surface area contributed by atoms with E-state index in [4.69, 9.17) is 0 Å². The van der Waals surface area contributed by atoms with Crippen molar-refractivity contribution in [2.45, 2.75) is 58.0 Å². The standard InChI is InChI=1S/C18H26O/c1-18-9-2-3-17(18)16-6-4-12-11-13(19)5-7-14(12)15(16)8-10-18/h2,9,11,13-17,19H,3-8,10H2,1H3/t13?,14-,15+,16+,17-,18?/m0/s1. The average Bonchev–Trinajstić information content (AvgIpc) is 2.79. The molecule has 1 nitrogen and oxygen atoms in total. The second kappa shape index (κ2) is 4.22. The lowest BCUT2D eigenvalue weighted by Crippen LogP contribution is -2.44. The van der Waals surface area contributed by atoms with Gasteiger partial charge in [-0.05, 0) is 74.0 Å². The fraction of sp³-hybridized carbons (Fsp3) is 0.778. The lowest BCUT2D eigenvalue weighted by atomic mass is 9.52. The molecule has 4 rings (SSSR count). The van der Waals surface area contributed by atoms with Crippen molar-refractivity contribution in [3.8, 4) is 0 Å². The minimum Gasteiger partial charge on any atom is -0.389 e. The van der Waals surface area contributed by atoms with Crippen molar-refractivity contribution in [3.63, 3.8) is 0 Å². The first kappa shape index (κ1) is 12.2. The van der Waals surface area contributed by atoms with Gasteiger partial charge in [0.25, 0.3) is 0 Å². The number of rotatable bonds is 0. The first-order valence-electron chi connectivity index (χ1n) is 8.24. The number of aliphatic hydroxyl groups excluding tert-OH is 1. The predicted octanol–water partition coefficient (Wildman–Crippen LogP) is 4.09. The summed E-state index contributed by atoms with van der Waals surface area (Å²) in [4.78, 5) is 0. The first-order chi connectivity index (χ1) is 9.17. The highest BCUT2D eigenvalue weighted by Crippen LogP contribution is 2.59. The number of hydrogen-bond donors (Lipinski definition) is 1. The van der Waals surface area contributed by atoms with Gasteiger partial charge in [-0.3, -0.25) is 0 Å². The van der Waals surface area contributed by atoms with Crippen molar-refractivity contribution in [1.29, 1.82) is 0 Å². The molecule has 0 heterocycles. The van der Waals surface area contributed by atoms with Crippen LogP contribution in [0.1, 0.15) is 51.9 Å². The normalized spacial score (nSPS) is 52.1. The molecule has 6 atom stereocenters. The second-order valence-corrected chi connectivity index (χ2v) is 7.65. The van der Waals surface area contributed by atoms with Gasteiger partial charge in [-0.2, -0.15) is 0 Å². The van der Waals surface area contributed by atoms with Gasteiger partial charge in [-0.15, -0.1) is 0 Å². The van der Waals surface area contributed by atoms with Gasteiger partial charge in [-0.1, -0.05) is 30.7 Å². The summed E-state index contributed by atoms with van der Waals surface area (Å²) in [6, 6.07) is 0. The summed E-state index contributed by atoms with van der Waals surface area (Å²) in [7, 11) is 0. The lowest BCUT2D eigenvalue weighted by Gasteiger charge is -2.52. The Balaban J connectivity index is 1.62. The third-order valence-electron chi connectivity index (χ3n) is 6.76. The zero-order valence-electron chi connectivity index (χ0n) is 12.0. The summed E-state index contributed by atoms with van der Waals surface area (Å²) in [5, 5.41) is 9.85. The molecular weight excluding hydrogens is 232 g/mol. The highest BCUT2D eigenvalue weighted by molar-refractivity contribution is 5.22. The molecule has 104 valence electrons. The van der Waals surface area contributed by atoms with Crippen molar-refractivity contribution in [2.75, 3.05) is 0 Å². The van der Waals surface area contributed by atoms with Crippen LogP contribution in [0.4, 0.5) is 0 Å². The van der Waals surface area contributed by atoms with Crippen LogP contribution >= 0.6 is 0 Å². The van der Waals surface area contributed by atoms with Crippen LogP contribution in [0.3, 0.4) is 0 Å². The molecule has 4 aliphatic rings. The molecule has 0 aromatic rings. The lowest BCUT2D eigenvalue weighted by molar-refractivity contribution is 0.00901. The van der Waals surface area contributed by atoms with Crippen LogP contribution in [-0.4, -0.2) is 11.2 Å². The molecule has 0 amide bonds. The first-order valence-corrected chi connectivity index (χ1v) is 8.24. The van der Waals surface area contributed by atoms with Crippen molar-refractivity contribution in [1.82, 2.24) is 0 Å². The Morgan fingerprint density at radius 1 is 1.16 bits per heavy atom. The number of aliphatic hydroxyl groups is 1. The van der Waals surface area contributed by atoms with Crippen LogP contribution in [0.25, 0.3) is 0 Å². The van der Waals surface area contributed by atoms with Crippen LogP contribution in [0, 0.1) is 29.1 Å². The monoisotopic (exact) mass is 258 g/mol. The molecule has 0 aliphatic heterocycles. The molecule has 19 heavy (non-hydrogen) atoms. The zero-order chi connectivity index (χ0) is 13.0. The second-order valence-electron chi connectivity index (χ2n) is 7.65.